The number of hydrogen-bond acceptors (Lipinski definition) is 4. The molecule has 1 N–H and O–H groups in total. The summed E-state index contributed by atoms with van der Waals surface area (Å²) >= 11 is 0. The van der Waals surface area contributed by atoms with Crippen LogP contribution in [0.2, 0.25) is 0 Å². The van der Waals surface area contributed by atoms with Crippen molar-refractivity contribution in [2.45, 2.75) is 26.8 Å². The number of rotatable bonds is 8. The number of carbonyl (C=O) groups is 1. The van der Waals surface area contributed by atoms with Crippen LogP contribution >= 0.6 is 0 Å². The van der Waals surface area contributed by atoms with Gasteiger partial charge in [-0.05, 0) is 56.2 Å². The Morgan fingerprint density at radius 2 is 1.72 bits per heavy atom. The Kier molecular flexibility index (Phi) is 7.18. The fourth-order valence-corrected chi connectivity index (χ4v) is 4.10. The van der Waals surface area contributed by atoms with Crippen LogP contribution in [0, 0.1) is 25.5 Å². The largest absolute Gasteiger partial charge is 0.492 e. The van der Waals surface area contributed by atoms with Crippen molar-refractivity contribution < 1.29 is 26.7 Å². The van der Waals surface area contributed by atoms with E-state index in [0.29, 0.717) is 5.75 Å². The lowest BCUT2D eigenvalue weighted by molar-refractivity contribution is -0.121. The number of nitrogens with one attached hydrogen (secondary N) is 1. The van der Waals surface area contributed by atoms with Crippen LogP contribution in [0.15, 0.2) is 36.4 Å². The molecule has 0 aliphatic heterocycles. The van der Waals surface area contributed by atoms with Crippen molar-refractivity contribution in [2.24, 2.45) is 0 Å². The van der Waals surface area contributed by atoms with Gasteiger partial charge in [0.15, 0.2) is 11.6 Å². The maximum Gasteiger partial charge on any atom is 0.243 e. The highest BCUT2D eigenvalue weighted by Gasteiger charge is 2.29. The Balaban J connectivity index is 2.02. The minimum Gasteiger partial charge on any atom is -0.492 e. The Bertz CT molecular complexity index is 976. The van der Waals surface area contributed by atoms with Crippen molar-refractivity contribution >= 4 is 21.6 Å². The van der Waals surface area contributed by atoms with Crippen LogP contribution in [0.5, 0.6) is 5.75 Å². The minimum atomic E-state index is -3.92. The third-order valence-corrected chi connectivity index (χ3v) is 5.35. The monoisotopic (exact) mass is 426 g/mol. The molecular weight excluding hydrogens is 402 g/mol. The highest BCUT2D eigenvalue weighted by Crippen LogP contribution is 2.23. The molecule has 6 nitrogen and oxygen atoms in total. The molecule has 1 unspecified atom stereocenters. The number of amides is 1. The van der Waals surface area contributed by atoms with Gasteiger partial charge in [0, 0.05) is 6.07 Å². The first-order valence-corrected chi connectivity index (χ1v) is 10.8. The first kappa shape index (κ1) is 22.6. The number of nitrogens with zero attached hydrogens (tertiary/aromatic N) is 1. The van der Waals surface area contributed by atoms with E-state index in [1.807, 2.05) is 32.0 Å². The highest BCUT2D eigenvalue weighted by atomic mass is 32.2. The summed E-state index contributed by atoms with van der Waals surface area (Å²) in [4.78, 5) is 12.4. The van der Waals surface area contributed by atoms with Crippen LogP contribution < -0.4 is 14.4 Å². The van der Waals surface area contributed by atoms with Crippen molar-refractivity contribution in [3.05, 3.63) is 59.2 Å². The van der Waals surface area contributed by atoms with Crippen molar-refractivity contribution in [3.8, 4) is 5.75 Å². The predicted octanol–water partition coefficient (Wildman–Crippen LogP) is 2.93. The van der Waals surface area contributed by atoms with E-state index in [9.17, 15) is 22.0 Å². The molecule has 0 heterocycles. The molecule has 158 valence electrons. The molecule has 29 heavy (non-hydrogen) atoms. The zero-order chi connectivity index (χ0) is 21.8. The minimum absolute atomic E-state index is 0.138. The lowest BCUT2D eigenvalue weighted by Crippen LogP contribution is -2.48. The molecule has 0 fully saturated rings. The molecule has 0 bridgehead atoms. The van der Waals surface area contributed by atoms with E-state index in [2.05, 4.69) is 5.32 Å². The normalized spacial score (nSPS) is 12.3. The number of halogens is 2. The van der Waals surface area contributed by atoms with Gasteiger partial charge in [-0.3, -0.25) is 9.10 Å². The summed E-state index contributed by atoms with van der Waals surface area (Å²) < 4.78 is 57.4. The topological polar surface area (TPSA) is 75.7 Å². The molecule has 0 spiro atoms. The molecule has 1 atom stereocenters. The van der Waals surface area contributed by atoms with Gasteiger partial charge in [0.2, 0.25) is 15.9 Å². The number of hydrogen-bond donors (Lipinski definition) is 1. The van der Waals surface area contributed by atoms with Crippen LogP contribution in [-0.2, 0) is 14.8 Å². The Labute approximate surface area is 169 Å². The van der Waals surface area contributed by atoms with Gasteiger partial charge >= 0.3 is 0 Å². The van der Waals surface area contributed by atoms with E-state index in [-0.39, 0.29) is 18.8 Å². The summed E-state index contributed by atoms with van der Waals surface area (Å²) in [5, 5.41) is 2.59. The number of sulfonamides is 1. The zero-order valence-corrected chi connectivity index (χ0v) is 17.5. The number of carbonyl (C=O) groups excluding carboxylic acids is 1. The zero-order valence-electron chi connectivity index (χ0n) is 16.7. The van der Waals surface area contributed by atoms with E-state index >= 15 is 0 Å². The van der Waals surface area contributed by atoms with E-state index in [1.54, 1.807) is 0 Å². The van der Waals surface area contributed by atoms with Crippen LogP contribution in [0.1, 0.15) is 18.1 Å². The first-order chi connectivity index (χ1) is 13.5. The van der Waals surface area contributed by atoms with Crippen molar-refractivity contribution in [3.63, 3.8) is 0 Å². The maximum absolute atomic E-state index is 13.5. The van der Waals surface area contributed by atoms with E-state index in [1.165, 1.54) is 6.92 Å². The lowest BCUT2D eigenvalue weighted by atomic mass is 10.1. The highest BCUT2D eigenvalue weighted by molar-refractivity contribution is 7.92. The average Bonchev–Trinajstić information content (AvgIpc) is 2.59. The molecule has 0 saturated heterocycles. The molecule has 0 saturated carbocycles. The Morgan fingerprint density at radius 3 is 2.28 bits per heavy atom. The summed E-state index contributed by atoms with van der Waals surface area (Å²) in [6.07, 6.45) is 0.890. The third kappa shape index (κ3) is 6.15. The van der Waals surface area contributed by atoms with Gasteiger partial charge in [0.05, 0.1) is 18.5 Å². The van der Waals surface area contributed by atoms with Gasteiger partial charge in [-0.15, -0.1) is 0 Å². The van der Waals surface area contributed by atoms with Crippen LogP contribution in [0.4, 0.5) is 14.5 Å². The molecule has 0 radical (unpaired) electrons. The molecule has 2 aromatic rings. The second-order valence-corrected chi connectivity index (χ2v) is 8.66. The van der Waals surface area contributed by atoms with Gasteiger partial charge in [-0.1, -0.05) is 6.07 Å². The average molecular weight is 426 g/mol. The third-order valence-electron chi connectivity index (χ3n) is 4.11. The van der Waals surface area contributed by atoms with Gasteiger partial charge < -0.3 is 10.1 Å². The van der Waals surface area contributed by atoms with Crippen LogP contribution in [0.25, 0.3) is 0 Å². The van der Waals surface area contributed by atoms with Crippen molar-refractivity contribution in [2.75, 3.05) is 23.7 Å². The summed E-state index contributed by atoms with van der Waals surface area (Å²) in [7, 11) is -3.92. The molecular formula is C20H24F2N2O4S. The molecule has 0 aromatic heterocycles. The van der Waals surface area contributed by atoms with Gasteiger partial charge in [-0.2, -0.15) is 0 Å². The molecule has 2 rings (SSSR count). The Morgan fingerprint density at radius 1 is 1.10 bits per heavy atom. The molecule has 2 aromatic carbocycles. The summed E-state index contributed by atoms with van der Waals surface area (Å²) in [6.45, 7) is 5.59. The number of anilines is 1. The number of aryl methyl sites for hydroxylation is 2. The van der Waals surface area contributed by atoms with Gasteiger partial charge in [0.1, 0.15) is 18.4 Å². The van der Waals surface area contributed by atoms with Gasteiger partial charge in [0.25, 0.3) is 0 Å². The van der Waals surface area contributed by atoms with Crippen molar-refractivity contribution in [1.82, 2.24) is 5.32 Å². The fraction of sp³-hybridized carbons (Fsp3) is 0.350. The molecule has 0 aliphatic carbocycles. The summed E-state index contributed by atoms with van der Waals surface area (Å²) in [6, 6.07) is 7.23. The molecule has 1 amide bonds. The SMILES string of the molecule is Cc1cc(C)cc(OCCNC(=O)C(C)N(c2ccc(F)c(F)c2)S(C)(=O)=O)c1. The fourth-order valence-electron chi connectivity index (χ4n) is 2.94. The molecule has 9 heteroatoms. The first-order valence-electron chi connectivity index (χ1n) is 8.92. The van der Waals surface area contributed by atoms with E-state index < -0.39 is 33.6 Å². The second-order valence-electron chi connectivity index (χ2n) is 6.80. The molecule has 0 aliphatic rings. The quantitative estimate of drug-likeness (QED) is 0.659. The Hall–Kier alpha value is -2.68. The number of ether oxygens (including phenoxy) is 1. The van der Waals surface area contributed by atoms with Gasteiger partial charge in [-0.25, -0.2) is 17.2 Å². The number of benzene rings is 2. The van der Waals surface area contributed by atoms with E-state index in [4.69, 9.17) is 4.74 Å². The van der Waals surface area contributed by atoms with Crippen LogP contribution in [-0.4, -0.2) is 39.8 Å². The lowest BCUT2D eigenvalue weighted by Gasteiger charge is -2.28. The smallest absolute Gasteiger partial charge is 0.243 e. The standard InChI is InChI=1S/C20H24F2N2O4S/c1-13-9-14(2)11-17(10-13)28-8-7-23-20(25)15(3)24(29(4,26)27)16-5-6-18(21)19(22)12-16/h5-6,9-12,15H,7-8H2,1-4H3,(H,23,25). The predicted molar refractivity (Wildman–Crippen MR) is 108 cm³/mol. The summed E-state index contributed by atoms with van der Waals surface area (Å²) in [5.41, 5.74) is 1.96. The summed E-state index contributed by atoms with van der Waals surface area (Å²) in [5.74, 6) is -2.23. The maximum atomic E-state index is 13.5. The van der Waals surface area contributed by atoms with Crippen LogP contribution in [0.3, 0.4) is 0 Å². The van der Waals surface area contributed by atoms with Crippen molar-refractivity contribution in [1.29, 1.82) is 0 Å². The van der Waals surface area contributed by atoms with E-state index in [0.717, 1.165) is 39.9 Å². The second kappa shape index (κ2) is 9.21.